The van der Waals surface area contributed by atoms with E-state index in [1.807, 2.05) is 0 Å². The second kappa shape index (κ2) is 20.4. The number of amides is 2. The first kappa shape index (κ1) is 49.9. The smallest absolute Gasteiger partial charge is 0.346 e. The van der Waals surface area contributed by atoms with Gasteiger partial charge in [-0.3, -0.25) is 47.7 Å². The summed E-state index contributed by atoms with van der Waals surface area (Å²) in [5, 5.41) is 12.0. The van der Waals surface area contributed by atoms with Gasteiger partial charge in [0.05, 0.1) is 30.8 Å². The number of hydrogen-bond acceptors (Lipinski definition) is 19. The Morgan fingerprint density at radius 1 is 0.716 bits per heavy atom. The molecule has 12 rings (SSSR count). The van der Waals surface area contributed by atoms with E-state index in [9.17, 15) is 19.7 Å². The molecule has 0 saturated carbocycles. The van der Waals surface area contributed by atoms with Crippen LogP contribution < -0.4 is 9.80 Å². The lowest BCUT2D eigenvalue weighted by Gasteiger charge is -2.31. The van der Waals surface area contributed by atoms with E-state index >= 15 is 13.3 Å². The number of alkyl halides is 2. The minimum absolute atomic E-state index is 0.0275. The van der Waals surface area contributed by atoms with Crippen LogP contribution in [0, 0.1) is 10.1 Å². The Labute approximate surface area is 427 Å². The summed E-state index contributed by atoms with van der Waals surface area (Å²) in [6.45, 7) is -8.24. The molecule has 22 nitrogen and oxygen atoms in total. The minimum atomic E-state index is -4.71. The number of nitro benzene ring substituents is 1. The van der Waals surface area contributed by atoms with Crippen molar-refractivity contribution in [2.45, 2.75) is 55.0 Å². The molecule has 0 radical (unpaired) electrons. The molecule has 1 unspecified atom stereocenters. The average Bonchev–Trinajstić information content (AvgIpc) is 4.19. The van der Waals surface area contributed by atoms with Crippen molar-refractivity contribution in [3.63, 3.8) is 0 Å². The molecule has 0 N–H and O–H groups in total. The number of carbonyl (C=O) groups is 2. The SMILES string of the molecule is C[P@@]1(=S)OC[C@H]2O[C@@H]3[C@H](F)[C@@H]2O[P@@](=O)(SCc2ccccc2[N+](=O)[O-])OC[C@H]2OC([C@H](F)[C@@H]2O1)n1cnc2c(ncnc21)N(C(=O)c1ccccc1)C/C=C/CN(C(=O)c1ccccc1)c1ncnc2c1ncn23. The lowest BCUT2D eigenvalue weighted by molar-refractivity contribution is -0.385. The molecule has 9 heterocycles. The Balaban J connectivity index is 1.07. The predicted octanol–water partition coefficient (Wildman–Crippen LogP) is 7.71. The van der Waals surface area contributed by atoms with Gasteiger partial charge in [-0.05, 0) is 47.5 Å². The van der Waals surface area contributed by atoms with E-state index in [1.54, 1.807) is 78.9 Å². The number of nitrogens with zero attached hydrogens (tertiary/aromatic N) is 11. The molecular formula is C46H41F2N11O11P2S2. The first-order valence-corrected chi connectivity index (χ1v) is 29.0. The van der Waals surface area contributed by atoms with Gasteiger partial charge in [0, 0.05) is 48.3 Å². The zero-order chi connectivity index (χ0) is 51.3. The summed E-state index contributed by atoms with van der Waals surface area (Å²) >= 11 is 6.38. The van der Waals surface area contributed by atoms with Gasteiger partial charge in [0.1, 0.15) is 37.1 Å². The van der Waals surface area contributed by atoms with Gasteiger partial charge in [0.25, 0.3) is 17.5 Å². The van der Waals surface area contributed by atoms with Crippen LogP contribution in [-0.2, 0) is 49.7 Å². The number of anilines is 2. The van der Waals surface area contributed by atoms with Gasteiger partial charge in [-0.2, -0.15) is 0 Å². The minimum Gasteiger partial charge on any atom is -0.346 e. The van der Waals surface area contributed by atoms with E-state index in [0.717, 1.165) is 0 Å². The Bertz CT molecular complexity index is 3420. The zero-order valence-electron chi connectivity index (χ0n) is 38.6. The Kier molecular flexibility index (Phi) is 13.8. The van der Waals surface area contributed by atoms with E-state index < -0.39 is 92.5 Å². The van der Waals surface area contributed by atoms with E-state index in [4.69, 9.17) is 39.4 Å². The van der Waals surface area contributed by atoms with Crippen LogP contribution in [0.5, 0.6) is 0 Å². The van der Waals surface area contributed by atoms with Crippen LogP contribution in [0.1, 0.15) is 38.7 Å². The highest BCUT2D eigenvalue weighted by Crippen LogP contribution is 2.65. The van der Waals surface area contributed by atoms with Crippen LogP contribution in [0.15, 0.2) is 122 Å². The van der Waals surface area contributed by atoms with Crippen LogP contribution in [-0.4, -0.2) is 126 Å². The number of carbonyl (C=O) groups excluding carboxylic acids is 2. The molecule has 5 aliphatic heterocycles. The maximum atomic E-state index is 17.5. The molecular weight excluding hydrogens is 1050 g/mol. The third-order valence-corrected chi connectivity index (χ3v) is 18.0. The first-order chi connectivity index (χ1) is 35.8. The summed E-state index contributed by atoms with van der Waals surface area (Å²) in [6, 6.07) is 22.6. The van der Waals surface area contributed by atoms with Crippen molar-refractivity contribution < 1.29 is 55.4 Å². The second-order valence-corrected chi connectivity index (χ2v) is 25.2. The van der Waals surface area contributed by atoms with Crippen molar-refractivity contribution in [2.75, 3.05) is 42.8 Å². The maximum absolute atomic E-state index is 17.5. The Morgan fingerprint density at radius 2 is 1.20 bits per heavy atom. The fraction of sp³-hybridized carbons (Fsp3) is 0.304. The van der Waals surface area contributed by atoms with E-state index in [2.05, 4.69) is 29.9 Å². The van der Waals surface area contributed by atoms with E-state index in [0.29, 0.717) is 22.5 Å². The number of ether oxygens (including phenoxy) is 2. The van der Waals surface area contributed by atoms with Crippen molar-refractivity contribution in [2.24, 2.45) is 0 Å². The Morgan fingerprint density at radius 3 is 1.73 bits per heavy atom. The third kappa shape index (κ3) is 9.55. The number of hydrogen-bond donors (Lipinski definition) is 0. The highest BCUT2D eigenvalue weighted by molar-refractivity contribution is 8.54. The summed E-state index contributed by atoms with van der Waals surface area (Å²) < 4.78 is 90.2. The molecule has 0 aliphatic carbocycles. The molecule has 5 aliphatic rings. The monoisotopic (exact) mass is 1090 g/mol. The van der Waals surface area contributed by atoms with Gasteiger partial charge in [0.2, 0.25) is 0 Å². The molecule has 3 fully saturated rings. The topological polar surface area (TPSA) is 243 Å². The molecule has 28 heteroatoms. The van der Waals surface area contributed by atoms with Crippen LogP contribution in [0.2, 0.25) is 0 Å². The van der Waals surface area contributed by atoms with Crippen molar-refractivity contribution in [1.29, 1.82) is 0 Å². The van der Waals surface area contributed by atoms with Gasteiger partial charge in [-0.15, -0.1) is 0 Å². The Hall–Kier alpha value is -6.31. The average molecular weight is 1090 g/mol. The largest absolute Gasteiger partial charge is 0.390 e. The molecule has 3 saturated heterocycles. The van der Waals surface area contributed by atoms with Crippen molar-refractivity contribution in [3.8, 4) is 0 Å². The molecule has 7 aromatic rings. The number of benzene rings is 3. The highest BCUT2D eigenvalue weighted by Gasteiger charge is 2.54. The summed E-state index contributed by atoms with van der Waals surface area (Å²) in [6.07, 6.45) is -5.26. The number of halogens is 2. The molecule has 2 amide bonds. The fourth-order valence-corrected chi connectivity index (χ4v) is 14.0. The molecule has 3 aromatic carbocycles. The number of aromatic nitrogens is 8. The predicted molar refractivity (Wildman–Crippen MR) is 267 cm³/mol. The fourth-order valence-electron chi connectivity index (χ4n) is 9.00. The molecule has 382 valence electrons. The van der Waals surface area contributed by atoms with E-state index in [1.165, 1.54) is 69.1 Å². The molecule has 14 bridgehead atoms. The van der Waals surface area contributed by atoms with Gasteiger partial charge >= 0.3 is 6.80 Å². The molecule has 74 heavy (non-hydrogen) atoms. The molecule has 0 spiro atoms. The number of para-hydroxylation sites is 1. The summed E-state index contributed by atoms with van der Waals surface area (Å²) in [4.78, 5) is 70.1. The zero-order valence-corrected chi connectivity index (χ0v) is 42.0. The first-order valence-electron chi connectivity index (χ1n) is 22.8. The van der Waals surface area contributed by atoms with Crippen molar-refractivity contribution >= 4 is 87.9 Å². The maximum Gasteiger partial charge on any atom is 0.390 e. The normalized spacial score (nSPS) is 28.8. The van der Waals surface area contributed by atoms with Crippen molar-refractivity contribution in [1.82, 2.24) is 39.0 Å². The number of imidazole rings is 2. The second-order valence-electron chi connectivity index (χ2n) is 17.2. The lowest BCUT2D eigenvalue weighted by atomic mass is 10.1. The summed E-state index contributed by atoms with van der Waals surface area (Å²) in [5.74, 6) is -1.20. The third-order valence-electron chi connectivity index (χ3n) is 12.5. The summed E-state index contributed by atoms with van der Waals surface area (Å²) in [7, 11) is 0. The lowest BCUT2D eigenvalue weighted by Crippen LogP contribution is -2.37. The number of fused-ring (bicyclic) bond motifs is 10. The van der Waals surface area contributed by atoms with Crippen LogP contribution in [0.3, 0.4) is 0 Å². The van der Waals surface area contributed by atoms with Crippen LogP contribution >= 0.6 is 24.7 Å². The number of rotatable bonds is 6. The van der Waals surface area contributed by atoms with Crippen molar-refractivity contribution in [3.05, 3.63) is 149 Å². The van der Waals surface area contributed by atoms with Gasteiger partial charge in [-0.1, -0.05) is 66.7 Å². The quantitative estimate of drug-likeness (QED) is 0.0670. The summed E-state index contributed by atoms with van der Waals surface area (Å²) in [5.41, 5.74) is 0.687. The van der Waals surface area contributed by atoms with Crippen LogP contribution in [0.25, 0.3) is 22.3 Å². The standard InChI is InChI=1S/C46H41F2N11O11P2S2/c1-71(73)65-20-31-38-34(48)46(67-31)58-26-54-36-40(50-24-52-42(36)58)56(44(61)28-14-6-3-7-15-28)19-11-10-18-55(43(60)27-12-4-2-5-13-27)39-35-41(51-23-49-39)57(25-53-35)45-33(47)37(69-71)32(68-45)21-66-72(64,70-38)74-22-29-16-8-9-17-30(29)59(62)63/h2-17,23-26,31-34,37-38,45-46H,18-22H2,1H3/b11-10+/t31-,32-,33-,34-,37-,38-,45?,46-,71-,72+/m1/s1. The molecule has 10 atom stereocenters. The van der Waals surface area contributed by atoms with Gasteiger partial charge in [0.15, 0.2) is 65.3 Å². The van der Waals surface area contributed by atoms with Crippen LogP contribution in [0.4, 0.5) is 26.1 Å². The molecule has 4 aromatic heterocycles. The van der Waals surface area contributed by atoms with E-state index in [-0.39, 0.29) is 64.1 Å². The van der Waals surface area contributed by atoms with Gasteiger partial charge in [-0.25, -0.2) is 43.2 Å². The van der Waals surface area contributed by atoms with Gasteiger partial charge < -0.3 is 18.5 Å². The number of nitro groups is 1. The highest BCUT2D eigenvalue weighted by atomic mass is 32.7.